The zero-order chi connectivity index (χ0) is 25.5. The SMILES string of the molecule is Cc1ccc(COC(Cc2ccc(COC3CC3)cc2)c2cc(C)ccc2COC2CCCCC2)cc1. The van der Waals surface area contributed by atoms with Gasteiger partial charge >= 0.3 is 0 Å². The fourth-order valence-electron chi connectivity index (χ4n) is 5.16. The van der Waals surface area contributed by atoms with Gasteiger partial charge in [0.1, 0.15) is 0 Å². The van der Waals surface area contributed by atoms with E-state index >= 15 is 0 Å². The van der Waals surface area contributed by atoms with E-state index in [9.17, 15) is 0 Å². The number of ether oxygens (including phenoxy) is 3. The van der Waals surface area contributed by atoms with Gasteiger partial charge in [0, 0.05) is 6.42 Å². The van der Waals surface area contributed by atoms with E-state index in [2.05, 4.69) is 80.6 Å². The molecule has 0 saturated heterocycles. The third kappa shape index (κ3) is 8.01. The van der Waals surface area contributed by atoms with Crippen molar-refractivity contribution in [3.8, 4) is 0 Å². The Labute approximate surface area is 223 Å². The lowest BCUT2D eigenvalue weighted by atomic mass is 9.94. The van der Waals surface area contributed by atoms with Crippen LogP contribution in [-0.4, -0.2) is 12.2 Å². The third-order valence-electron chi connectivity index (χ3n) is 7.70. The number of rotatable bonds is 12. The molecule has 0 radical (unpaired) electrons. The van der Waals surface area contributed by atoms with Gasteiger partial charge in [-0.05, 0) is 67.3 Å². The lowest BCUT2D eigenvalue weighted by Crippen LogP contribution is -2.18. The van der Waals surface area contributed by atoms with Gasteiger partial charge in [0.2, 0.25) is 0 Å². The summed E-state index contributed by atoms with van der Waals surface area (Å²) >= 11 is 0. The smallest absolute Gasteiger partial charge is 0.0873 e. The van der Waals surface area contributed by atoms with Crippen molar-refractivity contribution < 1.29 is 14.2 Å². The molecule has 2 aliphatic carbocycles. The fourth-order valence-corrected chi connectivity index (χ4v) is 5.16. The van der Waals surface area contributed by atoms with Crippen molar-refractivity contribution >= 4 is 0 Å². The van der Waals surface area contributed by atoms with Crippen LogP contribution in [0.5, 0.6) is 0 Å². The first-order chi connectivity index (χ1) is 18.1. The van der Waals surface area contributed by atoms with Crippen LogP contribution in [-0.2, 0) is 40.5 Å². The summed E-state index contributed by atoms with van der Waals surface area (Å²) in [5.41, 5.74) is 8.76. The monoisotopic (exact) mass is 498 g/mol. The summed E-state index contributed by atoms with van der Waals surface area (Å²) < 4.78 is 19.0. The Morgan fingerprint density at radius 1 is 0.622 bits per heavy atom. The molecule has 0 aromatic heterocycles. The quantitative estimate of drug-likeness (QED) is 0.251. The highest BCUT2D eigenvalue weighted by molar-refractivity contribution is 5.35. The first kappa shape index (κ1) is 26.2. The number of aryl methyl sites for hydroxylation is 2. The van der Waals surface area contributed by atoms with Gasteiger partial charge in [-0.25, -0.2) is 0 Å². The van der Waals surface area contributed by atoms with Crippen LogP contribution >= 0.6 is 0 Å². The molecule has 0 spiro atoms. The molecule has 0 bridgehead atoms. The van der Waals surface area contributed by atoms with Crippen LogP contribution in [0.25, 0.3) is 0 Å². The molecule has 1 atom stereocenters. The topological polar surface area (TPSA) is 27.7 Å². The molecule has 5 rings (SSSR count). The highest BCUT2D eigenvalue weighted by atomic mass is 16.5. The van der Waals surface area contributed by atoms with Gasteiger partial charge in [-0.15, -0.1) is 0 Å². The molecular weight excluding hydrogens is 456 g/mol. The third-order valence-corrected chi connectivity index (χ3v) is 7.70. The molecule has 196 valence electrons. The molecular formula is C34H42O3. The van der Waals surface area contributed by atoms with E-state index in [1.54, 1.807) is 0 Å². The Kier molecular flexibility index (Phi) is 9.10. The summed E-state index contributed by atoms with van der Waals surface area (Å²) in [5, 5.41) is 0. The number of hydrogen-bond acceptors (Lipinski definition) is 3. The van der Waals surface area contributed by atoms with Crippen LogP contribution in [0.1, 0.15) is 90.0 Å². The molecule has 2 saturated carbocycles. The summed E-state index contributed by atoms with van der Waals surface area (Å²) in [4.78, 5) is 0. The van der Waals surface area contributed by atoms with E-state index in [0.29, 0.717) is 32.0 Å². The Morgan fingerprint density at radius 2 is 1.22 bits per heavy atom. The summed E-state index contributed by atoms with van der Waals surface area (Å²) in [6, 6.07) is 24.3. The summed E-state index contributed by atoms with van der Waals surface area (Å²) in [6.45, 7) is 6.25. The van der Waals surface area contributed by atoms with Gasteiger partial charge in [-0.3, -0.25) is 0 Å². The highest BCUT2D eigenvalue weighted by Gasteiger charge is 2.22. The summed E-state index contributed by atoms with van der Waals surface area (Å²) in [6.07, 6.45) is 10.4. The lowest BCUT2D eigenvalue weighted by molar-refractivity contribution is 0.0115. The molecule has 3 aromatic carbocycles. The molecule has 0 heterocycles. The van der Waals surface area contributed by atoms with Crippen molar-refractivity contribution in [2.75, 3.05) is 0 Å². The molecule has 0 N–H and O–H groups in total. The van der Waals surface area contributed by atoms with Crippen LogP contribution in [0.2, 0.25) is 0 Å². The number of benzene rings is 3. The van der Waals surface area contributed by atoms with E-state index in [4.69, 9.17) is 14.2 Å². The first-order valence-electron chi connectivity index (χ1n) is 14.2. The lowest BCUT2D eigenvalue weighted by Gasteiger charge is -2.25. The predicted molar refractivity (Wildman–Crippen MR) is 150 cm³/mol. The molecule has 3 aromatic rings. The van der Waals surface area contributed by atoms with Crippen LogP contribution in [0, 0.1) is 13.8 Å². The van der Waals surface area contributed by atoms with Crippen LogP contribution in [0.4, 0.5) is 0 Å². The zero-order valence-corrected chi connectivity index (χ0v) is 22.6. The molecule has 2 aliphatic rings. The van der Waals surface area contributed by atoms with Crippen molar-refractivity contribution in [2.45, 2.75) is 103 Å². The van der Waals surface area contributed by atoms with Crippen LogP contribution in [0.15, 0.2) is 66.7 Å². The van der Waals surface area contributed by atoms with Crippen molar-refractivity contribution in [1.29, 1.82) is 0 Å². The molecule has 0 amide bonds. The number of hydrogen-bond donors (Lipinski definition) is 0. The van der Waals surface area contributed by atoms with Gasteiger partial charge in [-0.1, -0.05) is 97.1 Å². The van der Waals surface area contributed by atoms with E-state index in [1.807, 2.05) is 0 Å². The van der Waals surface area contributed by atoms with Crippen molar-refractivity contribution in [3.05, 3.63) is 106 Å². The van der Waals surface area contributed by atoms with Crippen molar-refractivity contribution in [1.82, 2.24) is 0 Å². The first-order valence-corrected chi connectivity index (χ1v) is 14.2. The Morgan fingerprint density at radius 3 is 1.95 bits per heavy atom. The second kappa shape index (κ2) is 12.9. The molecule has 37 heavy (non-hydrogen) atoms. The minimum atomic E-state index is -0.0419. The predicted octanol–water partition coefficient (Wildman–Crippen LogP) is 8.33. The second-order valence-corrected chi connectivity index (χ2v) is 11.1. The normalized spacial score (nSPS) is 17.1. The van der Waals surface area contributed by atoms with Gasteiger partial charge in [-0.2, -0.15) is 0 Å². The van der Waals surface area contributed by atoms with E-state index < -0.39 is 0 Å². The molecule has 1 unspecified atom stereocenters. The average molecular weight is 499 g/mol. The average Bonchev–Trinajstić information content (AvgIpc) is 3.76. The Hall–Kier alpha value is -2.46. The Balaban J connectivity index is 1.33. The highest BCUT2D eigenvalue weighted by Crippen LogP contribution is 2.30. The zero-order valence-electron chi connectivity index (χ0n) is 22.6. The molecule has 2 fully saturated rings. The Bertz CT molecular complexity index is 1110. The van der Waals surface area contributed by atoms with Gasteiger partial charge in [0.05, 0.1) is 38.1 Å². The van der Waals surface area contributed by atoms with E-state index in [-0.39, 0.29) is 6.10 Å². The molecule has 3 nitrogen and oxygen atoms in total. The van der Waals surface area contributed by atoms with Crippen LogP contribution in [0.3, 0.4) is 0 Å². The maximum atomic E-state index is 6.68. The maximum absolute atomic E-state index is 6.68. The van der Waals surface area contributed by atoms with Gasteiger partial charge in [0.15, 0.2) is 0 Å². The molecule has 0 aliphatic heterocycles. The molecule has 3 heteroatoms. The van der Waals surface area contributed by atoms with Crippen molar-refractivity contribution in [3.63, 3.8) is 0 Å². The fraction of sp³-hybridized carbons (Fsp3) is 0.471. The summed E-state index contributed by atoms with van der Waals surface area (Å²) in [7, 11) is 0. The van der Waals surface area contributed by atoms with Gasteiger partial charge in [0.25, 0.3) is 0 Å². The second-order valence-electron chi connectivity index (χ2n) is 11.1. The van der Waals surface area contributed by atoms with E-state index in [0.717, 1.165) is 6.42 Å². The van der Waals surface area contributed by atoms with Gasteiger partial charge < -0.3 is 14.2 Å². The van der Waals surface area contributed by atoms with Crippen molar-refractivity contribution in [2.24, 2.45) is 0 Å². The maximum Gasteiger partial charge on any atom is 0.0873 e. The largest absolute Gasteiger partial charge is 0.374 e. The minimum Gasteiger partial charge on any atom is -0.374 e. The summed E-state index contributed by atoms with van der Waals surface area (Å²) in [5.74, 6) is 0. The standard InChI is InChI=1S/C34H42O3/c1-25-8-11-28(12-9-25)23-37-34(21-27-13-15-29(16-14-27)22-35-32-18-19-32)33-20-26(2)10-17-30(33)24-36-31-6-4-3-5-7-31/h8-17,20,31-32,34H,3-7,18-19,21-24H2,1-2H3. The minimum absolute atomic E-state index is 0.0419. The van der Waals surface area contributed by atoms with Crippen LogP contribution < -0.4 is 0 Å². The van der Waals surface area contributed by atoms with E-state index in [1.165, 1.54) is 83.9 Å².